The molecule has 0 aliphatic carbocycles. The van der Waals surface area contributed by atoms with E-state index in [1.807, 2.05) is 29.9 Å². The van der Waals surface area contributed by atoms with Gasteiger partial charge in [-0.2, -0.15) is 0 Å². The number of nitrogens with zero attached hydrogens (tertiary/aromatic N) is 3. The van der Waals surface area contributed by atoms with Crippen LogP contribution in [0.3, 0.4) is 0 Å². The summed E-state index contributed by atoms with van der Waals surface area (Å²) in [6.45, 7) is 4.24. The average molecular weight is 296 g/mol. The first-order chi connectivity index (χ1) is 8.08. The van der Waals surface area contributed by atoms with Crippen molar-refractivity contribution in [3.05, 3.63) is 34.6 Å². The molecule has 0 saturated carbocycles. The number of aromatic nitrogens is 3. The van der Waals surface area contributed by atoms with Crippen LogP contribution in [-0.2, 0) is 7.05 Å². The van der Waals surface area contributed by atoms with Gasteiger partial charge in [-0.15, -0.1) is 5.10 Å². The van der Waals surface area contributed by atoms with Crippen LogP contribution in [0.2, 0.25) is 0 Å². The zero-order valence-corrected chi connectivity index (χ0v) is 11.6. The normalized spacial score (nSPS) is 10.9. The highest BCUT2D eigenvalue weighted by molar-refractivity contribution is 9.10. The lowest BCUT2D eigenvalue weighted by Crippen LogP contribution is -1.99. The minimum absolute atomic E-state index is 0.414. The summed E-state index contributed by atoms with van der Waals surface area (Å²) in [6, 6.07) is 5.66. The summed E-state index contributed by atoms with van der Waals surface area (Å²) in [6.07, 6.45) is 1.69. The number of hydrogen-bond donors (Lipinski definition) is 0. The molecule has 0 atom stereocenters. The van der Waals surface area contributed by atoms with Crippen LogP contribution in [0.5, 0.6) is 11.8 Å². The number of rotatable bonds is 3. The maximum atomic E-state index is 5.63. The smallest absolute Gasteiger partial charge is 0.240 e. The summed E-state index contributed by atoms with van der Waals surface area (Å²) in [7, 11) is 1.91. The van der Waals surface area contributed by atoms with Crippen LogP contribution >= 0.6 is 15.9 Å². The van der Waals surface area contributed by atoms with E-state index in [1.165, 1.54) is 0 Å². The molecule has 0 radical (unpaired) electrons. The van der Waals surface area contributed by atoms with Crippen LogP contribution in [-0.4, -0.2) is 14.8 Å². The Labute approximate surface area is 109 Å². The zero-order chi connectivity index (χ0) is 12.4. The van der Waals surface area contributed by atoms with E-state index in [1.54, 1.807) is 6.20 Å². The summed E-state index contributed by atoms with van der Waals surface area (Å²) in [5.41, 5.74) is 1.13. The van der Waals surface area contributed by atoms with Crippen LogP contribution < -0.4 is 4.74 Å². The Kier molecular flexibility index (Phi) is 3.47. The van der Waals surface area contributed by atoms with Gasteiger partial charge in [0.1, 0.15) is 0 Å². The fourth-order valence-electron chi connectivity index (χ4n) is 1.59. The first kappa shape index (κ1) is 12.1. The van der Waals surface area contributed by atoms with Gasteiger partial charge in [0.2, 0.25) is 11.8 Å². The lowest BCUT2D eigenvalue weighted by Gasteiger charge is -2.02. The van der Waals surface area contributed by atoms with Gasteiger partial charge in [-0.25, -0.2) is 4.98 Å². The summed E-state index contributed by atoms with van der Waals surface area (Å²) in [5.74, 6) is 1.51. The first-order valence-electron chi connectivity index (χ1n) is 5.40. The molecule has 0 aliphatic rings. The number of hydrogen-bond acceptors (Lipinski definition) is 3. The predicted octanol–water partition coefficient (Wildman–Crippen LogP) is 3.49. The Bertz CT molecular complexity index is 522. The molecule has 2 aromatic rings. The van der Waals surface area contributed by atoms with Crippen molar-refractivity contribution in [2.24, 2.45) is 7.05 Å². The fraction of sp³-hybridized carbons (Fsp3) is 0.333. The molecule has 0 unspecified atom stereocenters. The largest absolute Gasteiger partial charge is 0.418 e. The van der Waals surface area contributed by atoms with Crippen molar-refractivity contribution in [2.75, 3.05) is 0 Å². The summed E-state index contributed by atoms with van der Waals surface area (Å²) < 4.78 is 8.28. The Morgan fingerprint density at radius 1 is 1.41 bits per heavy atom. The topological polar surface area (TPSA) is 39.9 Å². The van der Waals surface area contributed by atoms with E-state index >= 15 is 0 Å². The first-order valence-corrected chi connectivity index (χ1v) is 6.19. The highest BCUT2D eigenvalue weighted by atomic mass is 79.9. The minimum atomic E-state index is 0.414. The highest BCUT2D eigenvalue weighted by Gasteiger charge is 2.11. The maximum Gasteiger partial charge on any atom is 0.240 e. The van der Waals surface area contributed by atoms with Crippen molar-refractivity contribution in [3.63, 3.8) is 0 Å². The third kappa shape index (κ3) is 2.66. The molecule has 2 rings (SSSR count). The van der Waals surface area contributed by atoms with E-state index in [0.29, 0.717) is 17.7 Å². The summed E-state index contributed by atoms with van der Waals surface area (Å²) in [5, 5.41) is 4.30. The van der Waals surface area contributed by atoms with Crippen LogP contribution in [0.25, 0.3) is 0 Å². The molecule has 0 aromatic carbocycles. The van der Waals surface area contributed by atoms with Crippen LogP contribution in [0, 0.1) is 0 Å². The second-order valence-corrected chi connectivity index (χ2v) is 4.93. The average Bonchev–Trinajstić information content (AvgIpc) is 2.63. The zero-order valence-electron chi connectivity index (χ0n) is 10.0. The fourth-order valence-corrected chi connectivity index (χ4v) is 1.93. The van der Waals surface area contributed by atoms with Crippen LogP contribution in [0.4, 0.5) is 0 Å². The van der Waals surface area contributed by atoms with Crippen molar-refractivity contribution in [3.8, 4) is 11.8 Å². The maximum absolute atomic E-state index is 5.63. The Hall–Kier alpha value is -1.36. The second kappa shape index (κ2) is 4.87. The minimum Gasteiger partial charge on any atom is -0.418 e. The molecule has 0 bridgehead atoms. The Balaban J connectivity index is 2.25. The molecule has 2 heterocycles. The molecule has 0 amide bonds. The Morgan fingerprint density at radius 3 is 2.76 bits per heavy atom. The van der Waals surface area contributed by atoms with E-state index in [-0.39, 0.29) is 0 Å². The van der Waals surface area contributed by atoms with Crippen LogP contribution in [0.15, 0.2) is 28.9 Å². The molecule has 0 aliphatic heterocycles. The van der Waals surface area contributed by atoms with E-state index < -0.39 is 0 Å². The molecule has 17 heavy (non-hydrogen) atoms. The van der Waals surface area contributed by atoms with Gasteiger partial charge in [-0.3, -0.25) is 4.68 Å². The summed E-state index contributed by atoms with van der Waals surface area (Å²) >= 11 is 3.39. The van der Waals surface area contributed by atoms with E-state index in [0.717, 1.165) is 10.2 Å². The van der Waals surface area contributed by atoms with Crippen LogP contribution in [0.1, 0.15) is 25.5 Å². The van der Waals surface area contributed by atoms with E-state index in [4.69, 9.17) is 4.74 Å². The molecule has 0 saturated heterocycles. The molecule has 0 N–H and O–H groups in total. The van der Waals surface area contributed by atoms with Gasteiger partial charge < -0.3 is 4.74 Å². The van der Waals surface area contributed by atoms with E-state index in [9.17, 15) is 0 Å². The van der Waals surface area contributed by atoms with Gasteiger partial charge in [-0.1, -0.05) is 13.8 Å². The number of aryl methyl sites for hydroxylation is 1. The lowest BCUT2D eigenvalue weighted by atomic mass is 10.1. The standard InChI is InChI=1S/C12H14BrN3O/c1-8(2)10-7-11(15-16(10)3)17-12-9(13)5-4-6-14-12/h4-8H,1-3H3. The van der Waals surface area contributed by atoms with Gasteiger partial charge in [0, 0.05) is 25.0 Å². The number of halogens is 1. The molecule has 2 aromatic heterocycles. The molecule has 0 spiro atoms. The molecule has 90 valence electrons. The van der Waals surface area contributed by atoms with Crippen molar-refractivity contribution < 1.29 is 4.74 Å². The molecule has 4 nitrogen and oxygen atoms in total. The second-order valence-electron chi connectivity index (χ2n) is 4.08. The Morgan fingerprint density at radius 2 is 2.18 bits per heavy atom. The van der Waals surface area contributed by atoms with Gasteiger partial charge in [0.25, 0.3) is 0 Å². The predicted molar refractivity (Wildman–Crippen MR) is 69.3 cm³/mol. The van der Waals surface area contributed by atoms with Crippen molar-refractivity contribution in [1.29, 1.82) is 0 Å². The van der Waals surface area contributed by atoms with Gasteiger partial charge >= 0.3 is 0 Å². The third-order valence-corrected chi connectivity index (χ3v) is 3.01. The van der Waals surface area contributed by atoms with Gasteiger partial charge in [-0.05, 0) is 34.0 Å². The monoisotopic (exact) mass is 295 g/mol. The van der Waals surface area contributed by atoms with E-state index in [2.05, 4.69) is 39.9 Å². The summed E-state index contributed by atoms with van der Waals surface area (Å²) in [4.78, 5) is 4.14. The molecular formula is C12H14BrN3O. The third-order valence-electron chi connectivity index (χ3n) is 2.41. The number of pyridine rings is 1. The SMILES string of the molecule is CC(C)c1cc(Oc2ncccc2Br)nn1C. The number of ether oxygens (including phenoxy) is 1. The quantitative estimate of drug-likeness (QED) is 0.870. The van der Waals surface area contributed by atoms with Crippen molar-refractivity contribution in [2.45, 2.75) is 19.8 Å². The molecular weight excluding hydrogens is 282 g/mol. The lowest BCUT2D eigenvalue weighted by molar-refractivity contribution is 0.433. The molecule has 0 fully saturated rings. The van der Waals surface area contributed by atoms with Gasteiger partial charge in [0.05, 0.1) is 4.47 Å². The highest BCUT2D eigenvalue weighted by Crippen LogP contribution is 2.27. The van der Waals surface area contributed by atoms with Gasteiger partial charge in [0.15, 0.2) is 0 Å². The van der Waals surface area contributed by atoms with Crippen molar-refractivity contribution >= 4 is 15.9 Å². The van der Waals surface area contributed by atoms with Crippen molar-refractivity contribution in [1.82, 2.24) is 14.8 Å². The molecule has 5 heteroatoms.